The summed E-state index contributed by atoms with van der Waals surface area (Å²) in [7, 11) is 0. The molecule has 1 saturated carbocycles. The van der Waals surface area contributed by atoms with E-state index in [1.165, 1.54) is 24.1 Å². The number of hydrogen-bond donors (Lipinski definition) is 0. The third-order valence-electron chi connectivity index (χ3n) is 4.38. The maximum atomic E-state index is 6.27. The summed E-state index contributed by atoms with van der Waals surface area (Å²) in [5, 5.41) is 1.50. The zero-order chi connectivity index (χ0) is 15.1. The fraction of sp³-hybridized carbons (Fsp3) is 0.412. The molecule has 0 unspecified atom stereocenters. The largest absolute Gasteiger partial charge is 0.294 e. The van der Waals surface area contributed by atoms with Gasteiger partial charge in [0.15, 0.2) is 0 Å². The Balaban J connectivity index is 1.50. The normalized spacial score (nSPS) is 18.3. The van der Waals surface area contributed by atoms with Crippen LogP contribution in [-0.2, 0) is 19.5 Å². The third-order valence-corrected chi connectivity index (χ3v) is 4.98. The summed E-state index contributed by atoms with van der Waals surface area (Å²) in [6, 6.07) is 5.64. The summed E-state index contributed by atoms with van der Waals surface area (Å²) < 4.78 is 0. The quantitative estimate of drug-likeness (QED) is 0.842. The zero-order valence-corrected chi connectivity index (χ0v) is 13.7. The van der Waals surface area contributed by atoms with Crippen LogP contribution in [0.2, 0.25) is 10.0 Å². The van der Waals surface area contributed by atoms with E-state index in [0.717, 1.165) is 47.5 Å². The highest BCUT2D eigenvalue weighted by Crippen LogP contribution is 2.38. The van der Waals surface area contributed by atoms with Crippen molar-refractivity contribution >= 4 is 23.2 Å². The van der Waals surface area contributed by atoms with Crippen molar-refractivity contribution in [3.63, 3.8) is 0 Å². The van der Waals surface area contributed by atoms with Crippen LogP contribution in [0.3, 0.4) is 0 Å². The van der Waals surface area contributed by atoms with Gasteiger partial charge in [-0.2, -0.15) is 0 Å². The summed E-state index contributed by atoms with van der Waals surface area (Å²) in [6.45, 7) is 2.68. The molecule has 3 nitrogen and oxygen atoms in total. The van der Waals surface area contributed by atoms with Crippen molar-refractivity contribution in [2.45, 2.75) is 38.3 Å². The Morgan fingerprint density at radius 2 is 2.09 bits per heavy atom. The first-order valence-corrected chi connectivity index (χ1v) is 8.45. The van der Waals surface area contributed by atoms with Crippen LogP contribution in [0.4, 0.5) is 0 Å². The van der Waals surface area contributed by atoms with Gasteiger partial charge in [0.05, 0.1) is 0 Å². The van der Waals surface area contributed by atoms with Crippen molar-refractivity contribution in [2.24, 2.45) is 0 Å². The molecule has 4 rings (SSSR count). The Bertz CT molecular complexity index is 713. The first kappa shape index (κ1) is 14.4. The molecule has 0 spiro atoms. The van der Waals surface area contributed by atoms with Gasteiger partial charge in [-0.15, -0.1) is 0 Å². The molecule has 1 fully saturated rings. The molecule has 0 saturated heterocycles. The molecule has 2 aromatic rings. The second kappa shape index (κ2) is 5.80. The lowest BCUT2D eigenvalue weighted by Crippen LogP contribution is -2.31. The monoisotopic (exact) mass is 333 g/mol. The van der Waals surface area contributed by atoms with Crippen LogP contribution in [0.25, 0.3) is 0 Å². The number of nitrogens with zero attached hydrogens (tertiary/aromatic N) is 3. The van der Waals surface area contributed by atoms with Crippen LogP contribution in [0.5, 0.6) is 0 Å². The van der Waals surface area contributed by atoms with Gasteiger partial charge in [0.25, 0.3) is 0 Å². The van der Waals surface area contributed by atoms with Gasteiger partial charge in [-0.25, -0.2) is 9.97 Å². The maximum Gasteiger partial charge on any atom is 0.131 e. The molecule has 0 N–H and O–H groups in total. The standard InChI is InChI=1S/C17H17Cl2N3/c18-14-3-4-15(19)12(7-14)9-22-6-5-16-13(10-22)8-20-17(21-16)11-1-2-11/h3-4,7-8,11H,1-2,5-6,9-10H2. The van der Waals surface area contributed by atoms with Gasteiger partial charge in [-0.1, -0.05) is 23.2 Å². The topological polar surface area (TPSA) is 29.0 Å². The van der Waals surface area contributed by atoms with Crippen LogP contribution in [0, 0.1) is 0 Å². The minimum absolute atomic E-state index is 0.619. The lowest BCUT2D eigenvalue weighted by Gasteiger charge is -2.28. The number of fused-ring (bicyclic) bond motifs is 1. The molecule has 1 aliphatic carbocycles. The molecule has 0 bridgehead atoms. The van der Waals surface area contributed by atoms with Crippen molar-refractivity contribution in [1.82, 2.24) is 14.9 Å². The zero-order valence-electron chi connectivity index (χ0n) is 12.2. The predicted octanol–water partition coefficient (Wildman–Crippen LogP) is 4.22. The van der Waals surface area contributed by atoms with Gasteiger partial charge in [-0.3, -0.25) is 4.90 Å². The molecule has 0 amide bonds. The first-order chi connectivity index (χ1) is 10.7. The average molecular weight is 334 g/mol. The molecule has 0 radical (unpaired) electrons. The van der Waals surface area contributed by atoms with Gasteiger partial charge in [0.2, 0.25) is 0 Å². The van der Waals surface area contributed by atoms with E-state index in [0.29, 0.717) is 5.92 Å². The third kappa shape index (κ3) is 2.98. The Morgan fingerprint density at radius 1 is 1.23 bits per heavy atom. The number of aromatic nitrogens is 2. The van der Waals surface area contributed by atoms with Crippen LogP contribution in [0.15, 0.2) is 24.4 Å². The SMILES string of the molecule is Clc1ccc(Cl)c(CN2CCc3nc(C4CC4)ncc3C2)c1. The predicted molar refractivity (Wildman–Crippen MR) is 88.3 cm³/mol. The van der Waals surface area contributed by atoms with Crippen LogP contribution in [0.1, 0.15) is 41.4 Å². The van der Waals surface area contributed by atoms with E-state index in [9.17, 15) is 0 Å². The molecular formula is C17H17Cl2N3. The number of hydrogen-bond acceptors (Lipinski definition) is 3. The van der Waals surface area contributed by atoms with Gasteiger partial charge in [0, 0.05) is 59.5 Å². The molecule has 1 aromatic heterocycles. The number of benzene rings is 1. The highest BCUT2D eigenvalue weighted by molar-refractivity contribution is 6.33. The molecule has 114 valence electrons. The fourth-order valence-corrected chi connectivity index (χ4v) is 3.34. The number of rotatable bonds is 3. The molecule has 5 heteroatoms. The molecule has 0 atom stereocenters. The van der Waals surface area contributed by atoms with Crippen LogP contribution < -0.4 is 0 Å². The highest BCUT2D eigenvalue weighted by Gasteiger charge is 2.28. The smallest absolute Gasteiger partial charge is 0.131 e. The Hall–Kier alpha value is -1.16. The Morgan fingerprint density at radius 3 is 2.91 bits per heavy atom. The van der Waals surface area contributed by atoms with Crippen LogP contribution in [-0.4, -0.2) is 21.4 Å². The van der Waals surface area contributed by atoms with E-state index in [-0.39, 0.29) is 0 Å². The minimum Gasteiger partial charge on any atom is -0.294 e. The van der Waals surface area contributed by atoms with Gasteiger partial charge in [-0.05, 0) is 36.6 Å². The molecule has 2 aliphatic rings. The summed E-state index contributed by atoms with van der Waals surface area (Å²) in [5.41, 5.74) is 3.55. The summed E-state index contributed by atoms with van der Waals surface area (Å²) in [4.78, 5) is 11.7. The Labute approximate surface area is 140 Å². The van der Waals surface area contributed by atoms with Gasteiger partial charge >= 0.3 is 0 Å². The average Bonchev–Trinajstić information content (AvgIpc) is 3.35. The lowest BCUT2D eigenvalue weighted by atomic mass is 10.1. The summed E-state index contributed by atoms with van der Waals surface area (Å²) in [5.74, 6) is 1.67. The van der Waals surface area contributed by atoms with Crippen molar-refractivity contribution in [3.8, 4) is 0 Å². The molecular weight excluding hydrogens is 317 g/mol. The van der Waals surface area contributed by atoms with E-state index in [1.807, 2.05) is 24.4 Å². The highest BCUT2D eigenvalue weighted by atomic mass is 35.5. The summed E-state index contributed by atoms with van der Waals surface area (Å²) >= 11 is 12.3. The second-order valence-electron chi connectivity index (χ2n) is 6.17. The van der Waals surface area contributed by atoms with Crippen molar-refractivity contribution < 1.29 is 0 Å². The van der Waals surface area contributed by atoms with E-state index in [2.05, 4.69) is 9.88 Å². The van der Waals surface area contributed by atoms with Crippen molar-refractivity contribution in [2.75, 3.05) is 6.54 Å². The molecule has 1 aromatic carbocycles. The second-order valence-corrected chi connectivity index (χ2v) is 7.01. The van der Waals surface area contributed by atoms with E-state index in [1.54, 1.807) is 0 Å². The van der Waals surface area contributed by atoms with Crippen molar-refractivity contribution in [3.05, 3.63) is 57.1 Å². The summed E-state index contributed by atoms with van der Waals surface area (Å²) in [6.07, 6.45) is 5.49. The van der Waals surface area contributed by atoms with E-state index in [4.69, 9.17) is 28.2 Å². The van der Waals surface area contributed by atoms with Gasteiger partial charge in [0.1, 0.15) is 5.82 Å². The number of halogens is 2. The van der Waals surface area contributed by atoms with E-state index >= 15 is 0 Å². The Kier molecular flexibility index (Phi) is 3.81. The molecule has 1 aliphatic heterocycles. The lowest BCUT2D eigenvalue weighted by molar-refractivity contribution is 0.242. The minimum atomic E-state index is 0.619. The van der Waals surface area contributed by atoms with Crippen molar-refractivity contribution in [1.29, 1.82) is 0 Å². The van der Waals surface area contributed by atoms with Gasteiger partial charge < -0.3 is 0 Å². The van der Waals surface area contributed by atoms with Crippen LogP contribution >= 0.6 is 23.2 Å². The van der Waals surface area contributed by atoms with E-state index < -0.39 is 0 Å². The molecule has 22 heavy (non-hydrogen) atoms. The maximum absolute atomic E-state index is 6.27. The molecule has 2 heterocycles. The first-order valence-electron chi connectivity index (χ1n) is 7.70. The fourth-order valence-electron chi connectivity index (χ4n) is 2.97.